The van der Waals surface area contributed by atoms with Crippen molar-refractivity contribution in [3.63, 3.8) is 0 Å². The fourth-order valence-electron chi connectivity index (χ4n) is 4.25. The second kappa shape index (κ2) is 13.5. The fraction of sp³-hybridized carbons (Fsp3) is 0.367. The summed E-state index contributed by atoms with van der Waals surface area (Å²) in [5, 5.41) is 16.9. The number of nitrogens with one attached hydrogen (secondary N) is 3. The molecule has 0 spiro atoms. The van der Waals surface area contributed by atoms with E-state index in [2.05, 4.69) is 28.3 Å². The molecule has 0 aliphatic carbocycles. The van der Waals surface area contributed by atoms with Crippen molar-refractivity contribution >= 4 is 15.9 Å². The summed E-state index contributed by atoms with van der Waals surface area (Å²) in [7, 11) is -3.89. The molecule has 0 heterocycles. The highest BCUT2D eigenvalue weighted by molar-refractivity contribution is 7.89. The van der Waals surface area contributed by atoms with Crippen LogP contribution in [0.4, 0.5) is 8.78 Å². The molecule has 0 saturated heterocycles. The molecule has 10 heteroatoms. The molecule has 3 rings (SSSR count). The van der Waals surface area contributed by atoms with Gasteiger partial charge in [0.2, 0.25) is 10.0 Å². The second-order valence-electron chi connectivity index (χ2n) is 10.8. The van der Waals surface area contributed by atoms with Gasteiger partial charge in [0, 0.05) is 30.3 Å². The maximum Gasteiger partial charge on any atom is 0.251 e. The van der Waals surface area contributed by atoms with Crippen LogP contribution in [0, 0.1) is 11.6 Å². The van der Waals surface area contributed by atoms with E-state index in [4.69, 9.17) is 0 Å². The first-order chi connectivity index (χ1) is 18.8. The number of carbonyl (C=O) groups is 1. The fourth-order valence-corrected chi connectivity index (χ4v) is 5.71. The van der Waals surface area contributed by atoms with E-state index in [1.165, 1.54) is 29.8 Å². The lowest BCUT2D eigenvalue weighted by molar-refractivity contribution is 0.0829. The van der Waals surface area contributed by atoms with Gasteiger partial charge in [-0.1, -0.05) is 37.3 Å². The Labute approximate surface area is 235 Å². The van der Waals surface area contributed by atoms with Crippen LogP contribution in [0.1, 0.15) is 54.7 Å². The van der Waals surface area contributed by atoms with Crippen molar-refractivity contribution < 1.29 is 27.1 Å². The lowest BCUT2D eigenvalue weighted by Gasteiger charge is -2.25. The van der Waals surface area contributed by atoms with Crippen molar-refractivity contribution in [3.8, 4) is 0 Å². The standard InChI is InChI=1S/C30H37F2N3O4S/c1-5-20-8-6-9-21(12-20)18-33-19-28(36)27(15-22-13-24(31)17-25(32)14-22)34-29(37)23-10-7-11-26(16-23)40(38,39)35-30(2,3)4/h6-14,16-17,27-28,33,35-36H,5,15,18-19H2,1-4H3,(H,34,37)/t27-,28+/m0/s1. The number of amides is 1. The molecule has 216 valence electrons. The van der Waals surface area contributed by atoms with E-state index in [9.17, 15) is 27.1 Å². The molecule has 0 aliphatic rings. The first-order valence-electron chi connectivity index (χ1n) is 13.1. The molecular formula is C30H37F2N3O4S. The average molecular weight is 574 g/mol. The van der Waals surface area contributed by atoms with Crippen LogP contribution in [0.5, 0.6) is 0 Å². The zero-order valence-corrected chi connectivity index (χ0v) is 24.0. The van der Waals surface area contributed by atoms with Gasteiger partial charge in [-0.3, -0.25) is 4.79 Å². The first kappa shape index (κ1) is 31.3. The van der Waals surface area contributed by atoms with Crippen LogP contribution in [0.15, 0.2) is 71.6 Å². The molecule has 0 radical (unpaired) electrons. The van der Waals surface area contributed by atoms with Crippen molar-refractivity contribution in [1.29, 1.82) is 0 Å². The van der Waals surface area contributed by atoms with Crippen LogP contribution in [0.25, 0.3) is 0 Å². The lowest BCUT2D eigenvalue weighted by Crippen LogP contribution is -2.48. The predicted octanol–water partition coefficient (Wildman–Crippen LogP) is 4.10. The van der Waals surface area contributed by atoms with Gasteiger partial charge in [-0.05, 0) is 80.6 Å². The summed E-state index contributed by atoms with van der Waals surface area (Å²) in [6, 6.07) is 15.6. The van der Waals surface area contributed by atoms with Crippen molar-refractivity contribution in [3.05, 3.63) is 101 Å². The van der Waals surface area contributed by atoms with Gasteiger partial charge in [-0.2, -0.15) is 0 Å². The Kier molecular flexibility index (Phi) is 10.5. The molecule has 1 amide bonds. The number of rotatable bonds is 12. The van der Waals surface area contributed by atoms with Crippen LogP contribution < -0.4 is 15.4 Å². The van der Waals surface area contributed by atoms with Crippen LogP contribution in [-0.2, 0) is 29.4 Å². The molecule has 2 atom stereocenters. The highest BCUT2D eigenvalue weighted by atomic mass is 32.2. The summed E-state index contributed by atoms with van der Waals surface area (Å²) < 4.78 is 55.8. The quantitative estimate of drug-likeness (QED) is 0.261. The first-order valence-corrected chi connectivity index (χ1v) is 14.6. The molecule has 0 aliphatic heterocycles. The smallest absolute Gasteiger partial charge is 0.251 e. The number of carbonyl (C=O) groups excluding carboxylic acids is 1. The minimum atomic E-state index is -3.89. The maximum absolute atomic E-state index is 13.9. The highest BCUT2D eigenvalue weighted by Crippen LogP contribution is 2.17. The van der Waals surface area contributed by atoms with Crippen molar-refractivity contribution in [2.75, 3.05) is 6.54 Å². The highest BCUT2D eigenvalue weighted by Gasteiger charge is 2.25. The largest absolute Gasteiger partial charge is 0.390 e. The van der Waals surface area contributed by atoms with Crippen LogP contribution in [0.3, 0.4) is 0 Å². The molecule has 7 nitrogen and oxygen atoms in total. The van der Waals surface area contributed by atoms with E-state index in [0.717, 1.165) is 30.2 Å². The second-order valence-corrected chi connectivity index (χ2v) is 12.5. The van der Waals surface area contributed by atoms with Gasteiger partial charge < -0.3 is 15.7 Å². The third-order valence-corrected chi connectivity index (χ3v) is 7.84. The predicted molar refractivity (Wildman–Crippen MR) is 151 cm³/mol. The van der Waals surface area contributed by atoms with Crippen molar-refractivity contribution in [2.45, 2.75) is 69.7 Å². The Morgan fingerprint density at radius 2 is 1.57 bits per heavy atom. The Hall–Kier alpha value is -3.18. The van der Waals surface area contributed by atoms with E-state index in [1.807, 2.05) is 18.2 Å². The summed E-state index contributed by atoms with van der Waals surface area (Å²) in [4.78, 5) is 13.1. The van der Waals surface area contributed by atoms with Crippen molar-refractivity contribution in [2.24, 2.45) is 0 Å². The van der Waals surface area contributed by atoms with E-state index in [1.54, 1.807) is 20.8 Å². The SMILES string of the molecule is CCc1cccc(CNC[C@@H](O)[C@H](Cc2cc(F)cc(F)c2)NC(=O)c2cccc(S(=O)(=O)NC(C)(C)C)c2)c1. The van der Waals surface area contributed by atoms with E-state index < -0.39 is 45.2 Å². The summed E-state index contributed by atoms with van der Waals surface area (Å²) in [6.07, 6.45) is -0.291. The zero-order chi connectivity index (χ0) is 29.5. The van der Waals surface area contributed by atoms with Gasteiger partial charge in [0.1, 0.15) is 11.6 Å². The van der Waals surface area contributed by atoms with Gasteiger partial charge >= 0.3 is 0 Å². The molecule has 0 aromatic heterocycles. The summed E-state index contributed by atoms with van der Waals surface area (Å²) in [5.41, 5.74) is 1.80. The molecule has 0 bridgehead atoms. The topological polar surface area (TPSA) is 108 Å². The van der Waals surface area contributed by atoms with E-state index in [0.29, 0.717) is 6.54 Å². The summed E-state index contributed by atoms with van der Waals surface area (Å²) >= 11 is 0. The number of hydrogen-bond donors (Lipinski definition) is 4. The van der Waals surface area contributed by atoms with Gasteiger partial charge in [0.05, 0.1) is 17.0 Å². The summed E-state index contributed by atoms with van der Waals surface area (Å²) in [6.45, 7) is 7.74. The van der Waals surface area contributed by atoms with E-state index >= 15 is 0 Å². The number of sulfonamides is 1. The molecular weight excluding hydrogens is 536 g/mol. The Balaban J connectivity index is 1.79. The Morgan fingerprint density at radius 1 is 0.925 bits per heavy atom. The normalized spacial score (nSPS) is 13.6. The van der Waals surface area contributed by atoms with Crippen LogP contribution >= 0.6 is 0 Å². The maximum atomic E-state index is 13.9. The molecule has 4 N–H and O–H groups in total. The number of benzene rings is 3. The minimum Gasteiger partial charge on any atom is -0.390 e. The molecule has 40 heavy (non-hydrogen) atoms. The van der Waals surface area contributed by atoms with Gasteiger partial charge in [0.25, 0.3) is 5.91 Å². The van der Waals surface area contributed by atoms with E-state index in [-0.39, 0.29) is 29.0 Å². The lowest BCUT2D eigenvalue weighted by atomic mass is 10.00. The zero-order valence-electron chi connectivity index (χ0n) is 23.2. The molecule has 0 unspecified atom stereocenters. The Morgan fingerprint density at radius 3 is 2.23 bits per heavy atom. The van der Waals surface area contributed by atoms with Gasteiger partial charge in [0.15, 0.2) is 0 Å². The number of halogens is 2. The Bertz CT molecular complexity index is 1400. The minimum absolute atomic E-state index is 0.0574. The van der Waals surface area contributed by atoms with Gasteiger partial charge in [-0.15, -0.1) is 0 Å². The number of aliphatic hydroxyl groups is 1. The monoisotopic (exact) mass is 573 g/mol. The van der Waals surface area contributed by atoms with Gasteiger partial charge in [-0.25, -0.2) is 21.9 Å². The summed E-state index contributed by atoms with van der Waals surface area (Å²) in [5.74, 6) is -2.18. The third kappa shape index (κ3) is 9.48. The molecule has 3 aromatic rings. The van der Waals surface area contributed by atoms with Crippen LogP contribution in [-0.4, -0.2) is 43.7 Å². The molecule has 0 fully saturated rings. The third-order valence-electron chi connectivity index (χ3n) is 6.09. The average Bonchev–Trinajstić information content (AvgIpc) is 2.86. The molecule has 0 saturated carbocycles. The molecule has 3 aromatic carbocycles. The van der Waals surface area contributed by atoms with Crippen LogP contribution in [0.2, 0.25) is 0 Å². The number of hydrogen-bond acceptors (Lipinski definition) is 5. The van der Waals surface area contributed by atoms with Crippen molar-refractivity contribution in [1.82, 2.24) is 15.4 Å². The number of aryl methyl sites for hydroxylation is 1. The number of aliphatic hydroxyl groups excluding tert-OH is 1.